The highest BCUT2D eigenvalue weighted by Gasteiger charge is 2.40. The number of carbonyl (C=O) groups excluding carboxylic acids is 2. The summed E-state index contributed by atoms with van der Waals surface area (Å²) in [6, 6.07) is 0.0253. The normalized spacial score (nSPS) is 20.9. The molecular formula is C15H26N2O3. The van der Waals surface area contributed by atoms with E-state index >= 15 is 0 Å². The molecular weight excluding hydrogens is 256 g/mol. The van der Waals surface area contributed by atoms with Gasteiger partial charge in [0.2, 0.25) is 0 Å². The van der Waals surface area contributed by atoms with E-state index in [2.05, 4.69) is 10.1 Å². The molecule has 1 heterocycles. The largest absolute Gasteiger partial charge is 0.469 e. The maximum absolute atomic E-state index is 12.1. The van der Waals surface area contributed by atoms with Crippen LogP contribution in [0.2, 0.25) is 0 Å². The molecule has 5 heteroatoms. The second kappa shape index (κ2) is 6.95. The first-order valence-corrected chi connectivity index (χ1v) is 7.75. The number of hydrogen-bond donors (Lipinski definition) is 1. The number of hydrogen-bond acceptors (Lipinski definition) is 3. The Morgan fingerprint density at radius 2 is 1.95 bits per heavy atom. The van der Waals surface area contributed by atoms with Crippen molar-refractivity contribution in [2.45, 2.75) is 51.4 Å². The van der Waals surface area contributed by atoms with Crippen molar-refractivity contribution in [2.24, 2.45) is 5.41 Å². The lowest BCUT2D eigenvalue weighted by atomic mass is 9.73. The highest BCUT2D eigenvalue weighted by atomic mass is 16.5. The van der Waals surface area contributed by atoms with Crippen LogP contribution >= 0.6 is 0 Å². The van der Waals surface area contributed by atoms with Crippen molar-refractivity contribution in [3.8, 4) is 0 Å². The van der Waals surface area contributed by atoms with E-state index in [0.717, 1.165) is 19.5 Å². The number of urea groups is 1. The molecule has 0 bridgehead atoms. The van der Waals surface area contributed by atoms with Gasteiger partial charge in [-0.15, -0.1) is 0 Å². The van der Waals surface area contributed by atoms with E-state index in [1.165, 1.54) is 39.2 Å². The Kier molecular flexibility index (Phi) is 5.26. The fourth-order valence-electron chi connectivity index (χ4n) is 3.46. The van der Waals surface area contributed by atoms with Gasteiger partial charge in [-0.3, -0.25) is 4.79 Å². The first kappa shape index (κ1) is 15.1. The highest BCUT2D eigenvalue weighted by molar-refractivity contribution is 5.74. The van der Waals surface area contributed by atoms with E-state index in [-0.39, 0.29) is 12.0 Å². The van der Waals surface area contributed by atoms with Crippen molar-refractivity contribution in [2.75, 3.05) is 26.7 Å². The molecule has 1 aliphatic carbocycles. The zero-order valence-electron chi connectivity index (χ0n) is 12.5. The first-order valence-electron chi connectivity index (χ1n) is 7.75. The minimum Gasteiger partial charge on any atom is -0.469 e. The summed E-state index contributed by atoms with van der Waals surface area (Å²) in [7, 11) is 1.38. The SMILES string of the molecule is COC(=O)CCCNC(=O)N1CCC2(CCCCC2)C1. The predicted octanol–water partition coefficient (Wildman–Crippen LogP) is 2.31. The Bertz CT molecular complexity index is 351. The number of nitrogens with one attached hydrogen (secondary N) is 1. The molecule has 1 N–H and O–H groups in total. The molecule has 0 aromatic heterocycles. The van der Waals surface area contributed by atoms with E-state index in [4.69, 9.17) is 0 Å². The van der Waals surface area contributed by atoms with Crippen molar-refractivity contribution < 1.29 is 14.3 Å². The minimum atomic E-state index is -0.221. The number of ether oxygens (including phenoxy) is 1. The van der Waals surface area contributed by atoms with Crippen LogP contribution in [-0.2, 0) is 9.53 Å². The highest BCUT2D eigenvalue weighted by Crippen LogP contribution is 2.43. The van der Waals surface area contributed by atoms with Gasteiger partial charge in [-0.1, -0.05) is 19.3 Å². The Morgan fingerprint density at radius 3 is 2.65 bits per heavy atom. The molecule has 1 saturated carbocycles. The van der Waals surface area contributed by atoms with Gasteiger partial charge in [-0.2, -0.15) is 0 Å². The maximum atomic E-state index is 12.1. The zero-order chi connectivity index (χ0) is 14.4. The standard InChI is InChI=1S/C15H26N2O3/c1-20-13(18)6-5-10-16-14(19)17-11-9-15(12-17)7-3-2-4-8-15/h2-12H2,1H3,(H,16,19). The number of amides is 2. The average Bonchev–Trinajstić information content (AvgIpc) is 2.87. The molecule has 2 fully saturated rings. The molecule has 0 aromatic carbocycles. The molecule has 2 amide bonds. The maximum Gasteiger partial charge on any atom is 0.317 e. The van der Waals surface area contributed by atoms with Crippen LogP contribution in [0.15, 0.2) is 0 Å². The van der Waals surface area contributed by atoms with Crippen LogP contribution in [-0.4, -0.2) is 43.6 Å². The summed E-state index contributed by atoms with van der Waals surface area (Å²) in [4.78, 5) is 25.0. The third kappa shape index (κ3) is 3.87. The molecule has 0 atom stereocenters. The van der Waals surface area contributed by atoms with Gasteiger partial charge in [-0.25, -0.2) is 4.79 Å². The van der Waals surface area contributed by atoms with Crippen LogP contribution in [0.1, 0.15) is 51.4 Å². The third-order valence-electron chi connectivity index (χ3n) is 4.70. The number of nitrogens with zero attached hydrogens (tertiary/aromatic N) is 1. The summed E-state index contributed by atoms with van der Waals surface area (Å²) in [5.41, 5.74) is 0.404. The van der Waals surface area contributed by atoms with E-state index in [9.17, 15) is 9.59 Å². The van der Waals surface area contributed by atoms with Crippen molar-refractivity contribution >= 4 is 12.0 Å². The van der Waals surface area contributed by atoms with Gasteiger partial charge < -0.3 is 15.0 Å². The van der Waals surface area contributed by atoms with Crippen molar-refractivity contribution in [3.63, 3.8) is 0 Å². The molecule has 1 spiro atoms. The van der Waals surface area contributed by atoms with Gasteiger partial charge in [0, 0.05) is 26.1 Å². The molecule has 5 nitrogen and oxygen atoms in total. The van der Waals surface area contributed by atoms with Crippen LogP contribution in [0, 0.1) is 5.41 Å². The molecule has 0 unspecified atom stereocenters. The minimum absolute atomic E-state index is 0.0253. The van der Waals surface area contributed by atoms with E-state index < -0.39 is 0 Å². The van der Waals surface area contributed by atoms with Gasteiger partial charge in [0.1, 0.15) is 0 Å². The Balaban J connectivity index is 1.67. The molecule has 114 valence electrons. The van der Waals surface area contributed by atoms with Crippen molar-refractivity contribution in [1.82, 2.24) is 10.2 Å². The summed E-state index contributed by atoms with van der Waals surface area (Å²) in [5.74, 6) is -0.221. The number of methoxy groups -OCH3 is 1. The predicted molar refractivity (Wildman–Crippen MR) is 76.4 cm³/mol. The fraction of sp³-hybridized carbons (Fsp3) is 0.867. The Hall–Kier alpha value is -1.26. The number of likely N-dealkylation sites (tertiary alicyclic amines) is 1. The smallest absolute Gasteiger partial charge is 0.317 e. The fourth-order valence-corrected chi connectivity index (χ4v) is 3.46. The van der Waals surface area contributed by atoms with Crippen molar-refractivity contribution in [3.05, 3.63) is 0 Å². The third-order valence-corrected chi connectivity index (χ3v) is 4.70. The number of rotatable bonds is 4. The number of carbonyl (C=O) groups is 2. The molecule has 0 radical (unpaired) electrons. The Labute approximate surface area is 121 Å². The van der Waals surface area contributed by atoms with Gasteiger partial charge in [-0.05, 0) is 31.1 Å². The van der Waals surface area contributed by atoms with E-state index in [1.807, 2.05) is 4.90 Å². The molecule has 0 aromatic rings. The van der Waals surface area contributed by atoms with Gasteiger partial charge >= 0.3 is 12.0 Å². The molecule has 1 aliphatic heterocycles. The van der Waals surface area contributed by atoms with Gasteiger partial charge in [0.15, 0.2) is 0 Å². The van der Waals surface area contributed by atoms with Crippen LogP contribution < -0.4 is 5.32 Å². The molecule has 20 heavy (non-hydrogen) atoms. The topological polar surface area (TPSA) is 58.6 Å². The lowest BCUT2D eigenvalue weighted by Crippen LogP contribution is -2.40. The monoisotopic (exact) mass is 282 g/mol. The van der Waals surface area contributed by atoms with Crippen LogP contribution in [0.5, 0.6) is 0 Å². The lowest BCUT2D eigenvalue weighted by molar-refractivity contribution is -0.140. The van der Waals surface area contributed by atoms with Crippen LogP contribution in [0.4, 0.5) is 4.79 Å². The summed E-state index contributed by atoms with van der Waals surface area (Å²) in [6.07, 6.45) is 8.68. The summed E-state index contributed by atoms with van der Waals surface area (Å²) < 4.78 is 4.57. The molecule has 2 rings (SSSR count). The van der Waals surface area contributed by atoms with Crippen LogP contribution in [0.25, 0.3) is 0 Å². The zero-order valence-corrected chi connectivity index (χ0v) is 12.5. The second-order valence-corrected chi connectivity index (χ2v) is 6.14. The van der Waals surface area contributed by atoms with Crippen LogP contribution in [0.3, 0.4) is 0 Å². The average molecular weight is 282 g/mol. The van der Waals surface area contributed by atoms with Gasteiger partial charge in [0.05, 0.1) is 7.11 Å². The summed E-state index contributed by atoms with van der Waals surface area (Å²) in [6.45, 7) is 2.33. The summed E-state index contributed by atoms with van der Waals surface area (Å²) in [5, 5.41) is 2.91. The number of esters is 1. The summed E-state index contributed by atoms with van der Waals surface area (Å²) >= 11 is 0. The first-order chi connectivity index (χ1) is 9.65. The second-order valence-electron chi connectivity index (χ2n) is 6.14. The quantitative estimate of drug-likeness (QED) is 0.636. The van der Waals surface area contributed by atoms with E-state index in [1.54, 1.807) is 0 Å². The Morgan fingerprint density at radius 1 is 1.20 bits per heavy atom. The molecule has 1 saturated heterocycles. The van der Waals surface area contributed by atoms with E-state index in [0.29, 0.717) is 24.8 Å². The lowest BCUT2D eigenvalue weighted by Gasteiger charge is -2.33. The molecule has 2 aliphatic rings. The van der Waals surface area contributed by atoms with Gasteiger partial charge in [0.25, 0.3) is 0 Å². The van der Waals surface area contributed by atoms with Crippen molar-refractivity contribution in [1.29, 1.82) is 0 Å².